The lowest BCUT2D eigenvalue weighted by molar-refractivity contribution is -0.207. The summed E-state index contributed by atoms with van der Waals surface area (Å²) in [6.45, 7) is 13.2. The molecule has 2 heterocycles. The van der Waals surface area contributed by atoms with Crippen LogP contribution in [0.15, 0.2) is 85.0 Å². The molecule has 2 aliphatic heterocycles. The van der Waals surface area contributed by atoms with Gasteiger partial charge in [0.25, 0.3) is 0 Å². The third kappa shape index (κ3) is 10.8. The first-order chi connectivity index (χ1) is 24.3. The van der Waals surface area contributed by atoms with Gasteiger partial charge in [-0.05, 0) is 44.5 Å². The fraction of sp³-hybridized carbons (Fsp3) is 0.500. The Kier molecular flexibility index (Phi) is 15.3. The van der Waals surface area contributed by atoms with Crippen molar-refractivity contribution in [1.82, 2.24) is 0 Å². The molecule has 2 unspecified atom stereocenters. The number of benzene rings is 2. The zero-order chi connectivity index (χ0) is 39.0. The molecule has 52 heavy (non-hydrogen) atoms. The Morgan fingerprint density at radius 1 is 0.692 bits per heavy atom. The Balaban J connectivity index is 0.000000341. The summed E-state index contributed by atoms with van der Waals surface area (Å²) < 4.78 is 72.8. The van der Waals surface area contributed by atoms with E-state index < -0.39 is 103 Å². The lowest BCUT2D eigenvalue weighted by Crippen LogP contribution is -2.60. The number of carbonyl (C=O) groups excluding carboxylic acids is 2. The fourth-order valence-corrected chi connectivity index (χ4v) is 9.37. The minimum Gasteiger partial charge on any atom is -0.454 e. The minimum absolute atomic E-state index is 0.247. The van der Waals surface area contributed by atoms with E-state index in [1.165, 1.54) is 6.92 Å². The smallest absolute Gasteiger partial charge is 0.338 e. The molecule has 288 valence electrons. The van der Waals surface area contributed by atoms with Crippen molar-refractivity contribution < 1.29 is 65.8 Å². The summed E-state index contributed by atoms with van der Waals surface area (Å²) in [6, 6.07) is 16.6. The SMILES string of the molecule is C=C(C)CS(=O)(=O)C1O[C@H](CC)[C@@H](C)[C@H](OC(=O)c2ccccc2)[C@H]1OC(=O)c1ccccc1.C=C(C)CS(=O)(=O)C1O[C@H](CO)[C@@H](O)[C@H](O)[C@H]1O. The Morgan fingerprint density at radius 3 is 1.54 bits per heavy atom. The molecule has 0 spiro atoms. The van der Waals surface area contributed by atoms with E-state index in [1.807, 2.05) is 6.92 Å². The Morgan fingerprint density at radius 2 is 1.12 bits per heavy atom. The highest BCUT2D eigenvalue weighted by molar-refractivity contribution is 7.92. The predicted molar refractivity (Wildman–Crippen MR) is 190 cm³/mol. The molecule has 4 rings (SSSR count). The van der Waals surface area contributed by atoms with Gasteiger partial charge in [-0.2, -0.15) is 0 Å². The van der Waals surface area contributed by atoms with Gasteiger partial charge in [0.1, 0.15) is 30.5 Å². The van der Waals surface area contributed by atoms with Crippen LogP contribution in [-0.2, 0) is 38.6 Å². The van der Waals surface area contributed by atoms with Crippen LogP contribution in [-0.4, -0.2) is 121 Å². The van der Waals surface area contributed by atoms with Crippen molar-refractivity contribution >= 4 is 31.6 Å². The molecule has 0 saturated carbocycles. The molecule has 2 aromatic carbocycles. The standard InChI is InChI=1S/C26H30O7S.C10H18O7S/c1-5-21-18(4)22(32-24(27)19-12-8-6-9-13-19)23(26(31-21)34(29,30)16-17(2)3)33-25(28)20-14-10-7-11-15-20;1-5(2)4-18(15,16)10-9(14)8(13)7(12)6(3-11)17-10/h6-15,18,21-23,26H,2,5,16H2,1,3-4H3;6-14H,1,3-4H2,2H3/t18-,21-,22+,23-,26?;6-,7-,8+,9-,10?/m11/s1. The summed E-state index contributed by atoms with van der Waals surface area (Å²) in [5, 5.41) is 37.6. The van der Waals surface area contributed by atoms with Crippen molar-refractivity contribution in [2.75, 3.05) is 18.1 Å². The van der Waals surface area contributed by atoms with Crippen molar-refractivity contribution in [3.63, 3.8) is 0 Å². The minimum atomic E-state index is -3.95. The zero-order valence-electron chi connectivity index (χ0n) is 29.5. The van der Waals surface area contributed by atoms with E-state index in [2.05, 4.69) is 13.2 Å². The van der Waals surface area contributed by atoms with E-state index in [4.69, 9.17) is 24.1 Å². The molecule has 0 bridgehead atoms. The summed E-state index contributed by atoms with van der Waals surface area (Å²) in [4.78, 5) is 25.9. The molecule has 16 heteroatoms. The van der Waals surface area contributed by atoms with Gasteiger partial charge in [0, 0.05) is 5.92 Å². The monoisotopic (exact) mass is 768 g/mol. The first-order valence-corrected chi connectivity index (χ1v) is 20.0. The number of rotatable bonds is 12. The van der Waals surface area contributed by atoms with Crippen LogP contribution in [0.3, 0.4) is 0 Å². The van der Waals surface area contributed by atoms with Crippen LogP contribution in [0, 0.1) is 5.92 Å². The van der Waals surface area contributed by atoms with Gasteiger partial charge in [0.15, 0.2) is 36.7 Å². The third-order valence-corrected chi connectivity index (χ3v) is 12.3. The highest BCUT2D eigenvalue weighted by atomic mass is 32.2. The van der Waals surface area contributed by atoms with Gasteiger partial charge in [-0.25, -0.2) is 26.4 Å². The molecule has 0 radical (unpaired) electrons. The first kappa shape index (κ1) is 42.9. The van der Waals surface area contributed by atoms with Gasteiger partial charge >= 0.3 is 11.9 Å². The number of hydrogen-bond donors (Lipinski definition) is 4. The lowest BCUT2D eigenvalue weighted by atomic mass is 9.89. The maximum absolute atomic E-state index is 13.3. The summed E-state index contributed by atoms with van der Waals surface area (Å²) in [5.74, 6) is -2.54. The van der Waals surface area contributed by atoms with E-state index in [9.17, 15) is 41.7 Å². The topological polar surface area (TPSA) is 220 Å². The molecular weight excluding hydrogens is 721 g/mol. The first-order valence-electron chi connectivity index (χ1n) is 16.5. The third-order valence-electron chi connectivity index (χ3n) is 8.36. The average molecular weight is 769 g/mol. The molecule has 0 aliphatic carbocycles. The molecule has 4 N–H and O–H groups in total. The van der Waals surface area contributed by atoms with Crippen molar-refractivity contribution in [3.8, 4) is 0 Å². The molecular formula is C36H48O14S2. The van der Waals surface area contributed by atoms with Crippen LogP contribution in [0.4, 0.5) is 0 Å². The molecule has 0 aromatic heterocycles. The number of aliphatic hydroxyl groups excluding tert-OH is 4. The highest BCUT2D eigenvalue weighted by Crippen LogP contribution is 2.36. The molecule has 2 saturated heterocycles. The quantitative estimate of drug-likeness (QED) is 0.179. The summed E-state index contributed by atoms with van der Waals surface area (Å²) >= 11 is 0. The van der Waals surface area contributed by atoms with Crippen LogP contribution < -0.4 is 0 Å². The molecule has 10 atom stereocenters. The molecule has 0 amide bonds. The van der Waals surface area contributed by atoms with Crippen LogP contribution in [0.1, 0.15) is 54.8 Å². The van der Waals surface area contributed by atoms with E-state index in [-0.39, 0.29) is 11.3 Å². The van der Waals surface area contributed by atoms with Gasteiger partial charge in [0.2, 0.25) is 0 Å². The van der Waals surface area contributed by atoms with Crippen molar-refractivity contribution in [3.05, 3.63) is 96.1 Å². The zero-order valence-corrected chi connectivity index (χ0v) is 31.1. The van der Waals surface area contributed by atoms with E-state index in [0.717, 1.165) is 0 Å². The maximum Gasteiger partial charge on any atom is 0.338 e. The summed E-state index contributed by atoms with van der Waals surface area (Å²) in [5.41, 5.74) is -1.87. The fourth-order valence-electron chi connectivity index (χ4n) is 5.84. The second-order valence-electron chi connectivity index (χ2n) is 13.0. The number of hydrogen-bond acceptors (Lipinski definition) is 14. The lowest BCUT2D eigenvalue weighted by Gasteiger charge is -2.44. The molecule has 2 aliphatic rings. The van der Waals surface area contributed by atoms with E-state index in [0.29, 0.717) is 23.1 Å². The van der Waals surface area contributed by atoms with Gasteiger partial charge < -0.3 is 39.4 Å². The normalized spacial score (nSPS) is 29.2. The van der Waals surface area contributed by atoms with Crippen LogP contribution in [0.25, 0.3) is 0 Å². The Hall–Kier alpha value is -3.48. The van der Waals surface area contributed by atoms with Crippen LogP contribution in [0.5, 0.6) is 0 Å². The molecule has 14 nitrogen and oxygen atoms in total. The summed E-state index contributed by atoms with van der Waals surface area (Å²) in [6.07, 6.45) is -8.70. The number of carbonyl (C=O) groups is 2. The second-order valence-corrected chi connectivity index (χ2v) is 17.2. The summed E-state index contributed by atoms with van der Waals surface area (Å²) in [7, 11) is -7.83. The van der Waals surface area contributed by atoms with Crippen molar-refractivity contribution in [2.24, 2.45) is 5.92 Å². The number of esters is 2. The number of ether oxygens (including phenoxy) is 4. The van der Waals surface area contributed by atoms with Crippen LogP contribution in [0.2, 0.25) is 0 Å². The highest BCUT2D eigenvalue weighted by Gasteiger charge is 2.53. The van der Waals surface area contributed by atoms with Crippen molar-refractivity contribution in [1.29, 1.82) is 0 Å². The average Bonchev–Trinajstić information content (AvgIpc) is 3.08. The van der Waals surface area contributed by atoms with Crippen molar-refractivity contribution in [2.45, 2.75) is 87.7 Å². The Labute approximate surface area is 304 Å². The number of aliphatic hydroxyl groups is 4. The Bertz CT molecular complexity index is 1750. The van der Waals surface area contributed by atoms with Gasteiger partial charge in [-0.1, -0.05) is 74.5 Å². The van der Waals surface area contributed by atoms with E-state index in [1.54, 1.807) is 74.5 Å². The molecule has 2 fully saturated rings. The largest absolute Gasteiger partial charge is 0.454 e. The maximum atomic E-state index is 13.3. The van der Waals surface area contributed by atoms with Gasteiger partial charge in [-0.15, -0.1) is 0 Å². The number of sulfone groups is 2. The van der Waals surface area contributed by atoms with Crippen LogP contribution >= 0.6 is 0 Å². The predicted octanol–water partition coefficient (Wildman–Crippen LogP) is 1.98. The second kappa shape index (κ2) is 18.5. The molecule has 2 aromatic rings. The van der Waals surface area contributed by atoms with Gasteiger partial charge in [0.05, 0.1) is 35.3 Å². The van der Waals surface area contributed by atoms with Gasteiger partial charge in [-0.3, -0.25) is 0 Å². The van der Waals surface area contributed by atoms with E-state index >= 15 is 0 Å².